The summed E-state index contributed by atoms with van der Waals surface area (Å²) in [5.41, 5.74) is 2.59. The van der Waals surface area contributed by atoms with Gasteiger partial charge in [-0.1, -0.05) is 35.2 Å². The largest absolute Gasteiger partial charge is 0.420 e. The highest BCUT2D eigenvalue weighted by atomic mass is 79.9. The Morgan fingerprint density at radius 3 is 2.89 bits per heavy atom. The summed E-state index contributed by atoms with van der Waals surface area (Å²) in [6.45, 7) is 0. The summed E-state index contributed by atoms with van der Waals surface area (Å²) in [6.07, 6.45) is 0. The van der Waals surface area contributed by atoms with Crippen LogP contribution in [0.4, 0.5) is 0 Å². The molecule has 0 fully saturated rings. The number of aromatic nitrogens is 4. The Balaban J connectivity index is 1.75. The van der Waals surface area contributed by atoms with Gasteiger partial charge in [0.05, 0.1) is 11.3 Å². The lowest BCUT2D eigenvalue weighted by Gasteiger charge is -1.97. The second kappa shape index (κ2) is 5.81. The van der Waals surface area contributed by atoms with Crippen molar-refractivity contribution >= 4 is 39.0 Å². The predicted molar refractivity (Wildman–Crippen MR) is 76.9 cm³/mol. The van der Waals surface area contributed by atoms with Crippen LogP contribution in [0.5, 0.6) is 0 Å². The highest BCUT2D eigenvalue weighted by Crippen LogP contribution is 2.28. The van der Waals surface area contributed by atoms with Crippen LogP contribution >= 0.6 is 39.0 Å². The molecule has 0 aliphatic carbocycles. The molecule has 0 spiro atoms. The van der Waals surface area contributed by atoms with Gasteiger partial charge in [0, 0.05) is 4.47 Å². The number of nitrogens with zero attached hydrogens (tertiary/aromatic N) is 4. The number of halogens is 1. The summed E-state index contributed by atoms with van der Waals surface area (Å²) in [5.74, 6) is 1.68. The molecule has 0 unspecified atom stereocenters. The molecule has 8 heteroatoms. The maximum atomic E-state index is 5.63. The van der Waals surface area contributed by atoms with Gasteiger partial charge in [-0.2, -0.15) is 0 Å². The molecule has 0 radical (unpaired) electrons. The first-order valence-corrected chi connectivity index (χ1v) is 7.95. The molecule has 0 saturated carbocycles. The molecule has 0 aliphatic heterocycles. The fourth-order valence-electron chi connectivity index (χ4n) is 1.40. The zero-order valence-corrected chi connectivity index (χ0v) is 12.7. The van der Waals surface area contributed by atoms with Crippen LogP contribution in [-0.2, 0) is 5.75 Å². The molecule has 2 heterocycles. The van der Waals surface area contributed by atoms with Gasteiger partial charge in [-0.15, -0.1) is 20.4 Å². The summed E-state index contributed by atoms with van der Waals surface area (Å²) in [4.78, 5) is 0. The van der Waals surface area contributed by atoms with E-state index in [4.69, 9.17) is 4.42 Å². The third-order valence-corrected chi connectivity index (χ3v) is 4.77. The third-order valence-electron chi connectivity index (χ3n) is 2.23. The predicted octanol–water partition coefficient (Wildman–Crippen LogP) is 3.64. The smallest absolute Gasteiger partial charge is 0.248 e. The van der Waals surface area contributed by atoms with Crippen LogP contribution in [0.2, 0.25) is 0 Å². The number of hydrogen-bond acceptors (Lipinski definition) is 7. The van der Waals surface area contributed by atoms with Crippen molar-refractivity contribution in [3.63, 3.8) is 0 Å². The van der Waals surface area contributed by atoms with E-state index in [0.29, 0.717) is 17.5 Å². The van der Waals surface area contributed by atoms with Crippen molar-refractivity contribution in [2.45, 2.75) is 10.1 Å². The Hall–Kier alpha value is -1.25. The maximum absolute atomic E-state index is 5.63. The number of benzene rings is 1. The number of rotatable bonds is 4. The second-order valence-electron chi connectivity index (χ2n) is 3.47. The molecular formula is C11H7BrN4OS2. The van der Waals surface area contributed by atoms with Gasteiger partial charge < -0.3 is 4.42 Å². The lowest BCUT2D eigenvalue weighted by molar-refractivity contribution is 0.528. The standard InChI is InChI=1S/C11H7BrN4OS2/c12-8-4-2-1-3-7(8)10-15-14-9(17-10)5-18-11-16-13-6-19-11/h1-4,6H,5H2. The zero-order valence-electron chi connectivity index (χ0n) is 9.49. The Kier molecular flexibility index (Phi) is 3.90. The molecule has 96 valence electrons. The Morgan fingerprint density at radius 2 is 2.11 bits per heavy atom. The first kappa shape index (κ1) is 12.8. The van der Waals surface area contributed by atoms with Crippen molar-refractivity contribution in [2.24, 2.45) is 0 Å². The van der Waals surface area contributed by atoms with Crippen molar-refractivity contribution in [1.29, 1.82) is 0 Å². The van der Waals surface area contributed by atoms with E-state index >= 15 is 0 Å². The molecule has 5 nitrogen and oxygen atoms in total. The molecule has 0 amide bonds. The fourth-order valence-corrected chi connectivity index (χ4v) is 3.18. The molecule has 0 atom stereocenters. The van der Waals surface area contributed by atoms with E-state index in [2.05, 4.69) is 36.3 Å². The van der Waals surface area contributed by atoms with Crippen LogP contribution in [0.1, 0.15) is 5.89 Å². The number of hydrogen-bond donors (Lipinski definition) is 0. The summed E-state index contributed by atoms with van der Waals surface area (Å²) >= 11 is 6.48. The molecule has 2 aromatic heterocycles. The van der Waals surface area contributed by atoms with Gasteiger partial charge in [0.25, 0.3) is 0 Å². The highest BCUT2D eigenvalue weighted by molar-refractivity contribution is 9.10. The Morgan fingerprint density at radius 1 is 1.21 bits per heavy atom. The highest BCUT2D eigenvalue weighted by Gasteiger charge is 2.11. The first-order chi connectivity index (χ1) is 9.33. The van der Waals surface area contributed by atoms with E-state index in [-0.39, 0.29) is 0 Å². The van der Waals surface area contributed by atoms with Gasteiger partial charge in [0.1, 0.15) is 5.51 Å². The average Bonchev–Trinajstić information content (AvgIpc) is 3.08. The minimum absolute atomic E-state index is 0.514. The Labute approximate surface area is 125 Å². The van der Waals surface area contributed by atoms with E-state index in [9.17, 15) is 0 Å². The van der Waals surface area contributed by atoms with Crippen molar-refractivity contribution in [2.75, 3.05) is 0 Å². The quantitative estimate of drug-likeness (QED) is 0.666. The molecule has 0 N–H and O–H groups in total. The van der Waals surface area contributed by atoms with Crippen molar-refractivity contribution in [3.8, 4) is 11.5 Å². The molecule has 0 aliphatic rings. The van der Waals surface area contributed by atoms with Gasteiger partial charge >= 0.3 is 0 Å². The molecule has 3 aromatic rings. The van der Waals surface area contributed by atoms with Gasteiger partial charge in [0.2, 0.25) is 11.8 Å². The van der Waals surface area contributed by atoms with Crippen molar-refractivity contribution in [1.82, 2.24) is 20.4 Å². The molecular weight excluding hydrogens is 348 g/mol. The fraction of sp³-hybridized carbons (Fsp3) is 0.0909. The average molecular weight is 355 g/mol. The van der Waals surface area contributed by atoms with E-state index in [0.717, 1.165) is 14.4 Å². The normalized spacial score (nSPS) is 10.8. The number of thioether (sulfide) groups is 1. The molecule has 1 aromatic carbocycles. The third kappa shape index (κ3) is 3.02. The van der Waals surface area contributed by atoms with Gasteiger partial charge in [-0.3, -0.25) is 0 Å². The van der Waals surface area contributed by atoms with Gasteiger partial charge in [0.15, 0.2) is 4.34 Å². The van der Waals surface area contributed by atoms with E-state index in [1.54, 1.807) is 5.51 Å². The van der Waals surface area contributed by atoms with Crippen LogP contribution in [0.15, 0.2) is 43.0 Å². The second-order valence-corrected chi connectivity index (χ2v) is 6.38. The summed E-state index contributed by atoms with van der Waals surface area (Å²) in [7, 11) is 0. The lowest BCUT2D eigenvalue weighted by atomic mass is 10.2. The molecule has 3 rings (SSSR count). The van der Waals surface area contributed by atoms with Gasteiger partial charge in [-0.25, -0.2) is 0 Å². The molecule has 0 bridgehead atoms. The molecule has 0 saturated heterocycles. The minimum atomic E-state index is 0.514. The SMILES string of the molecule is Brc1ccccc1-c1nnc(CSc2nncs2)o1. The molecule has 19 heavy (non-hydrogen) atoms. The van der Waals surface area contributed by atoms with Gasteiger partial charge in [-0.05, 0) is 28.1 Å². The zero-order chi connectivity index (χ0) is 13.1. The summed E-state index contributed by atoms with van der Waals surface area (Å²) in [5, 5.41) is 15.8. The topological polar surface area (TPSA) is 64.7 Å². The lowest BCUT2D eigenvalue weighted by Crippen LogP contribution is -1.80. The monoisotopic (exact) mass is 354 g/mol. The Bertz CT molecular complexity index is 671. The minimum Gasteiger partial charge on any atom is -0.420 e. The van der Waals surface area contributed by atoms with Crippen LogP contribution in [0.25, 0.3) is 11.5 Å². The maximum Gasteiger partial charge on any atom is 0.248 e. The van der Waals surface area contributed by atoms with Crippen molar-refractivity contribution < 1.29 is 4.42 Å². The van der Waals surface area contributed by atoms with Crippen LogP contribution in [0.3, 0.4) is 0 Å². The van der Waals surface area contributed by atoms with E-state index < -0.39 is 0 Å². The van der Waals surface area contributed by atoms with Crippen molar-refractivity contribution in [3.05, 3.63) is 40.1 Å². The van der Waals surface area contributed by atoms with Crippen LogP contribution < -0.4 is 0 Å². The van der Waals surface area contributed by atoms with E-state index in [1.807, 2.05) is 24.3 Å². The van der Waals surface area contributed by atoms with E-state index in [1.165, 1.54) is 23.1 Å². The first-order valence-electron chi connectivity index (χ1n) is 5.29. The summed E-state index contributed by atoms with van der Waals surface area (Å²) in [6, 6.07) is 7.74. The van der Waals surface area contributed by atoms with Crippen LogP contribution in [-0.4, -0.2) is 20.4 Å². The van der Waals surface area contributed by atoms with Crippen LogP contribution in [0, 0.1) is 0 Å². The summed E-state index contributed by atoms with van der Waals surface area (Å²) < 4.78 is 7.45.